The number of phenolic OH excluding ortho intramolecular Hbond substituents is 1. The fraction of sp³-hybridized carbons (Fsp3) is 0.0714. The molecule has 0 saturated carbocycles. The van der Waals surface area contributed by atoms with Crippen molar-refractivity contribution < 1.29 is 5.11 Å². The molecule has 3 heteroatoms. The molecule has 3 nitrogen and oxygen atoms in total. The van der Waals surface area contributed by atoms with E-state index >= 15 is 0 Å². The molecule has 1 aromatic heterocycles. The molecule has 0 radical (unpaired) electrons. The van der Waals surface area contributed by atoms with Gasteiger partial charge in [-0.15, -0.1) is 0 Å². The Hall–Kier alpha value is -2.29. The van der Waals surface area contributed by atoms with Gasteiger partial charge in [0.1, 0.15) is 5.75 Å². The van der Waals surface area contributed by atoms with Gasteiger partial charge in [-0.1, -0.05) is 18.2 Å². The van der Waals surface area contributed by atoms with Crippen LogP contribution in [0.5, 0.6) is 5.75 Å². The Morgan fingerprint density at radius 2 is 1.82 bits per heavy atom. The normalized spacial score (nSPS) is 10.9. The van der Waals surface area contributed by atoms with Crippen molar-refractivity contribution in [3.8, 4) is 11.4 Å². The Morgan fingerprint density at radius 3 is 2.59 bits per heavy atom. The predicted molar refractivity (Wildman–Crippen MR) is 67.5 cm³/mol. The Labute approximate surface area is 98.9 Å². The summed E-state index contributed by atoms with van der Waals surface area (Å²) in [5.74, 6) is 0.259. The van der Waals surface area contributed by atoms with Crippen molar-refractivity contribution in [3.05, 3.63) is 54.2 Å². The number of phenols is 1. The van der Waals surface area contributed by atoms with Gasteiger partial charge in [-0.25, -0.2) is 4.68 Å². The minimum atomic E-state index is 0.259. The molecule has 0 aliphatic heterocycles. The molecule has 3 rings (SSSR count). The Bertz CT molecular complexity index is 671. The average Bonchev–Trinajstić information content (AvgIpc) is 2.67. The summed E-state index contributed by atoms with van der Waals surface area (Å²) in [7, 11) is 0. The lowest BCUT2D eigenvalue weighted by atomic mass is 10.2. The molecule has 0 atom stereocenters. The van der Waals surface area contributed by atoms with Crippen molar-refractivity contribution in [1.82, 2.24) is 9.78 Å². The highest BCUT2D eigenvalue weighted by molar-refractivity contribution is 5.84. The monoisotopic (exact) mass is 224 g/mol. The van der Waals surface area contributed by atoms with Gasteiger partial charge in [-0.3, -0.25) is 0 Å². The van der Waals surface area contributed by atoms with Crippen LogP contribution in [0.1, 0.15) is 5.69 Å². The first-order valence-electron chi connectivity index (χ1n) is 5.49. The summed E-state index contributed by atoms with van der Waals surface area (Å²) < 4.78 is 1.85. The van der Waals surface area contributed by atoms with Gasteiger partial charge in [0.25, 0.3) is 0 Å². The average molecular weight is 224 g/mol. The third-order valence-electron chi connectivity index (χ3n) is 2.85. The lowest BCUT2D eigenvalue weighted by molar-refractivity contribution is 0.476. The number of aromatic hydroxyl groups is 1. The molecule has 0 fully saturated rings. The van der Waals surface area contributed by atoms with Gasteiger partial charge in [0.15, 0.2) is 0 Å². The maximum atomic E-state index is 9.57. The van der Waals surface area contributed by atoms with Gasteiger partial charge in [0.2, 0.25) is 0 Å². The van der Waals surface area contributed by atoms with Crippen LogP contribution in [0.15, 0.2) is 48.5 Å². The molecule has 1 heterocycles. The fourth-order valence-corrected chi connectivity index (χ4v) is 2.02. The van der Waals surface area contributed by atoms with E-state index in [4.69, 9.17) is 0 Å². The van der Waals surface area contributed by atoms with Crippen LogP contribution in [0.4, 0.5) is 0 Å². The molecule has 0 amide bonds. The number of rotatable bonds is 1. The molecule has 0 aliphatic carbocycles. The molecule has 2 aromatic carbocycles. The van der Waals surface area contributed by atoms with Crippen LogP contribution in [-0.4, -0.2) is 14.9 Å². The molecule has 0 unspecified atom stereocenters. The van der Waals surface area contributed by atoms with Crippen molar-refractivity contribution >= 4 is 10.9 Å². The van der Waals surface area contributed by atoms with Crippen LogP contribution in [-0.2, 0) is 0 Å². The van der Waals surface area contributed by atoms with E-state index in [-0.39, 0.29) is 5.75 Å². The highest BCUT2D eigenvalue weighted by Gasteiger charge is 2.08. The van der Waals surface area contributed by atoms with Gasteiger partial charge in [0, 0.05) is 11.5 Å². The highest BCUT2D eigenvalue weighted by atomic mass is 16.3. The highest BCUT2D eigenvalue weighted by Crippen LogP contribution is 2.25. The third kappa shape index (κ3) is 1.56. The Morgan fingerprint density at radius 1 is 1.06 bits per heavy atom. The zero-order chi connectivity index (χ0) is 11.8. The second-order valence-electron chi connectivity index (χ2n) is 4.03. The maximum absolute atomic E-state index is 9.57. The molecule has 0 aliphatic rings. The first-order chi connectivity index (χ1) is 8.25. The molecule has 0 spiro atoms. The minimum absolute atomic E-state index is 0.259. The van der Waals surface area contributed by atoms with Crippen LogP contribution >= 0.6 is 0 Å². The van der Waals surface area contributed by atoms with Crippen molar-refractivity contribution in [2.75, 3.05) is 0 Å². The maximum Gasteiger partial charge on any atom is 0.117 e. The molecule has 0 bridgehead atoms. The number of aromatic nitrogens is 2. The number of para-hydroxylation sites is 1. The van der Waals surface area contributed by atoms with Crippen LogP contribution in [0, 0.1) is 6.92 Å². The van der Waals surface area contributed by atoms with Crippen molar-refractivity contribution in [2.45, 2.75) is 6.92 Å². The van der Waals surface area contributed by atoms with Gasteiger partial charge < -0.3 is 5.11 Å². The summed E-state index contributed by atoms with van der Waals surface area (Å²) in [6, 6.07) is 15.2. The van der Waals surface area contributed by atoms with Gasteiger partial charge in [-0.2, -0.15) is 5.10 Å². The summed E-state index contributed by atoms with van der Waals surface area (Å²) in [5.41, 5.74) is 2.88. The minimum Gasteiger partial charge on any atom is -0.508 e. The summed E-state index contributed by atoms with van der Waals surface area (Å²) in [4.78, 5) is 0. The molecule has 17 heavy (non-hydrogen) atoms. The summed E-state index contributed by atoms with van der Waals surface area (Å²) >= 11 is 0. The quantitative estimate of drug-likeness (QED) is 0.690. The molecule has 3 aromatic rings. The zero-order valence-electron chi connectivity index (χ0n) is 9.46. The van der Waals surface area contributed by atoms with E-state index in [1.807, 2.05) is 48.0 Å². The second-order valence-corrected chi connectivity index (χ2v) is 4.03. The largest absolute Gasteiger partial charge is 0.508 e. The molecule has 1 N–H and O–H groups in total. The summed E-state index contributed by atoms with van der Waals surface area (Å²) in [6.45, 7) is 1.97. The van der Waals surface area contributed by atoms with Gasteiger partial charge in [-0.05, 0) is 31.2 Å². The van der Waals surface area contributed by atoms with Crippen molar-refractivity contribution in [3.63, 3.8) is 0 Å². The van der Waals surface area contributed by atoms with E-state index < -0.39 is 0 Å². The first-order valence-corrected chi connectivity index (χ1v) is 5.49. The van der Waals surface area contributed by atoms with E-state index in [1.165, 1.54) is 0 Å². The van der Waals surface area contributed by atoms with E-state index in [9.17, 15) is 5.11 Å². The summed E-state index contributed by atoms with van der Waals surface area (Å²) in [6.07, 6.45) is 0. The SMILES string of the molecule is Cc1nn(-c2ccccc2)c2cc(O)ccc12. The number of aryl methyl sites for hydroxylation is 1. The van der Waals surface area contributed by atoms with E-state index in [0.29, 0.717) is 0 Å². The number of fused-ring (bicyclic) bond motifs is 1. The third-order valence-corrected chi connectivity index (χ3v) is 2.85. The standard InChI is InChI=1S/C14H12N2O/c1-10-13-8-7-12(17)9-14(13)16(15-10)11-5-3-2-4-6-11/h2-9,17H,1H3. The van der Waals surface area contributed by atoms with Crippen LogP contribution in [0.2, 0.25) is 0 Å². The van der Waals surface area contributed by atoms with E-state index in [2.05, 4.69) is 5.10 Å². The molecule has 0 saturated heterocycles. The van der Waals surface area contributed by atoms with E-state index in [1.54, 1.807) is 12.1 Å². The molecular formula is C14H12N2O. The number of hydrogen-bond donors (Lipinski definition) is 1. The van der Waals surface area contributed by atoms with Gasteiger partial charge in [0.05, 0.1) is 16.9 Å². The summed E-state index contributed by atoms with van der Waals surface area (Å²) in [5, 5.41) is 15.1. The Kier molecular flexibility index (Phi) is 2.11. The smallest absolute Gasteiger partial charge is 0.117 e. The zero-order valence-corrected chi connectivity index (χ0v) is 9.46. The second kappa shape index (κ2) is 3.63. The van der Waals surface area contributed by atoms with E-state index in [0.717, 1.165) is 22.3 Å². The number of hydrogen-bond acceptors (Lipinski definition) is 2. The topological polar surface area (TPSA) is 38.0 Å². The van der Waals surface area contributed by atoms with Crippen molar-refractivity contribution in [1.29, 1.82) is 0 Å². The first kappa shape index (κ1) is 9.90. The fourth-order valence-electron chi connectivity index (χ4n) is 2.02. The van der Waals surface area contributed by atoms with Crippen molar-refractivity contribution in [2.24, 2.45) is 0 Å². The number of nitrogens with zero attached hydrogens (tertiary/aromatic N) is 2. The lowest BCUT2D eigenvalue weighted by Gasteiger charge is -2.02. The Balaban J connectivity index is 2.34. The van der Waals surface area contributed by atoms with Crippen LogP contribution in [0.3, 0.4) is 0 Å². The van der Waals surface area contributed by atoms with Crippen LogP contribution in [0.25, 0.3) is 16.6 Å². The lowest BCUT2D eigenvalue weighted by Crippen LogP contribution is -1.95. The van der Waals surface area contributed by atoms with Gasteiger partial charge >= 0.3 is 0 Å². The molecular weight excluding hydrogens is 212 g/mol. The number of benzene rings is 2. The molecule has 84 valence electrons. The van der Waals surface area contributed by atoms with Crippen LogP contribution < -0.4 is 0 Å². The predicted octanol–water partition coefficient (Wildman–Crippen LogP) is 3.04.